The van der Waals surface area contributed by atoms with E-state index in [9.17, 15) is 15.3 Å². The number of rotatable bonds is 2. The van der Waals surface area contributed by atoms with Gasteiger partial charge in [0.1, 0.15) is 18.3 Å². The average Bonchev–Trinajstić information content (AvgIpc) is 2.36. The van der Waals surface area contributed by atoms with E-state index in [1.165, 1.54) is 0 Å². The summed E-state index contributed by atoms with van der Waals surface area (Å²) in [5, 5.41) is 32.6. The molecule has 1 aliphatic heterocycles. The van der Waals surface area contributed by atoms with Crippen LogP contribution < -0.4 is 5.32 Å². The highest BCUT2D eigenvalue weighted by atomic mass is 35.5. The van der Waals surface area contributed by atoms with Crippen LogP contribution in [0.25, 0.3) is 0 Å². The summed E-state index contributed by atoms with van der Waals surface area (Å²) in [4.78, 5) is 0. The van der Waals surface area contributed by atoms with Crippen LogP contribution in [0.15, 0.2) is 24.3 Å². The van der Waals surface area contributed by atoms with Crippen molar-refractivity contribution in [2.75, 3.05) is 5.32 Å². The van der Waals surface area contributed by atoms with Crippen LogP contribution >= 0.6 is 11.6 Å². The van der Waals surface area contributed by atoms with Gasteiger partial charge < -0.3 is 25.4 Å². The highest BCUT2D eigenvalue weighted by molar-refractivity contribution is 6.30. The van der Waals surface area contributed by atoms with E-state index in [1.807, 2.05) is 0 Å². The van der Waals surface area contributed by atoms with Crippen LogP contribution in [0, 0.1) is 0 Å². The van der Waals surface area contributed by atoms with Crippen LogP contribution in [0.2, 0.25) is 5.02 Å². The Morgan fingerprint density at radius 2 is 1.67 bits per heavy atom. The molecule has 1 fully saturated rings. The number of nitrogens with one attached hydrogen (secondary N) is 1. The van der Waals surface area contributed by atoms with Crippen molar-refractivity contribution in [1.29, 1.82) is 0 Å². The Bertz CT molecular complexity index is 400. The molecule has 0 saturated carbocycles. The molecule has 100 valence electrons. The summed E-state index contributed by atoms with van der Waals surface area (Å²) in [5.41, 5.74) is 0.708. The average molecular weight is 274 g/mol. The molecule has 4 N–H and O–H groups in total. The first-order valence-corrected chi connectivity index (χ1v) is 6.08. The molecule has 1 saturated heterocycles. The molecule has 1 heterocycles. The Morgan fingerprint density at radius 1 is 1.06 bits per heavy atom. The second-order valence-electron chi connectivity index (χ2n) is 4.38. The molecule has 1 aromatic rings. The molecule has 5 atom stereocenters. The zero-order valence-corrected chi connectivity index (χ0v) is 10.6. The first-order chi connectivity index (χ1) is 8.49. The SMILES string of the molecule is CC1OC(Nc2ccc(Cl)cc2)C(O)C(O)C1O. The molecule has 0 bridgehead atoms. The number of hydrogen-bond acceptors (Lipinski definition) is 5. The number of ether oxygens (including phenoxy) is 1. The largest absolute Gasteiger partial charge is 0.388 e. The molecule has 18 heavy (non-hydrogen) atoms. The van der Waals surface area contributed by atoms with Gasteiger partial charge in [-0.1, -0.05) is 11.6 Å². The van der Waals surface area contributed by atoms with Crippen molar-refractivity contribution < 1.29 is 20.1 Å². The second kappa shape index (κ2) is 5.42. The van der Waals surface area contributed by atoms with Crippen LogP contribution in [0.5, 0.6) is 0 Å². The van der Waals surface area contributed by atoms with Crippen LogP contribution in [0.1, 0.15) is 6.92 Å². The van der Waals surface area contributed by atoms with E-state index in [2.05, 4.69) is 5.32 Å². The maximum Gasteiger partial charge on any atom is 0.157 e. The minimum Gasteiger partial charge on any atom is -0.388 e. The summed E-state index contributed by atoms with van der Waals surface area (Å²) in [5.74, 6) is 0. The van der Waals surface area contributed by atoms with Crippen molar-refractivity contribution in [1.82, 2.24) is 0 Å². The van der Waals surface area contributed by atoms with Gasteiger partial charge in [-0.2, -0.15) is 0 Å². The highest BCUT2D eigenvalue weighted by Gasteiger charge is 2.41. The van der Waals surface area contributed by atoms with Gasteiger partial charge in [0, 0.05) is 10.7 Å². The van der Waals surface area contributed by atoms with Crippen molar-refractivity contribution in [3.8, 4) is 0 Å². The lowest BCUT2D eigenvalue weighted by molar-refractivity contribution is -0.209. The third-order valence-corrected chi connectivity index (χ3v) is 3.26. The van der Waals surface area contributed by atoms with E-state index < -0.39 is 30.6 Å². The lowest BCUT2D eigenvalue weighted by Crippen LogP contribution is -2.58. The Hall–Kier alpha value is -0.850. The lowest BCUT2D eigenvalue weighted by atomic mass is 9.99. The standard InChI is InChI=1S/C12H16ClNO4/c1-6-9(15)10(16)11(17)12(18-6)14-8-4-2-7(13)3-5-8/h2-6,9-12,14-17H,1H3. The normalized spacial score (nSPS) is 36.4. The fourth-order valence-corrected chi connectivity index (χ4v) is 2.01. The number of benzene rings is 1. The Labute approximate surface area is 110 Å². The monoisotopic (exact) mass is 273 g/mol. The molecule has 0 aromatic heterocycles. The maximum absolute atomic E-state index is 9.82. The van der Waals surface area contributed by atoms with Crippen molar-refractivity contribution in [3.63, 3.8) is 0 Å². The van der Waals surface area contributed by atoms with E-state index in [0.717, 1.165) is 0 Å². The number of hydrogen-bond donors (Lipinski definition) is 4. The third kappa shape index (κ3) is 2.76. The van der Waals surface area contributed by atoms with Crippen molar-refractivity contribution >= 4 is 17.3 Å². The lowest BCUT2D eigenvalue weighted by Gasteiger charge is -2.39. The highest BCUT2D eigenvalue weighted by Crippen LogP contribution is 2.23. The van der Waals surface area contributed by atoms with E-state index in [1.54, 1.807) is 31.2 Å². The topological polar surface area (TPSA) is 82.0 Å². The van der Waals surface area contributed by atoms with Crippen molar-refractivity contribution in [2.45, 2.75) is 37.6 Å². The molecule has 0 aliphatic carbocycles. The summed E-state index contributed by atoms with van der Waals surface area (Å²) in [6.45, 7) is 1.64. The molecule has 1 aromatic carbocycles. The van der Waals surface area contributed by atoms with Gasteiger partial charge in [-0.3, -0.25) is 0 Å². The first-order valence-electron chi connectivity index (χ1n) is 5.71. The van der Waals surface area contributed by atoms with Gasteiger partial charge in [-0.25, -0.2) is 0 Å². The fraction of sp³-hybridized carbons (Fsp3) is 0.500. The molecular weight excluding hydrogens is 258 g/mol. The molecule has 5 nitrogen and oxygen atoms in total. The molecule has 5 unspecified atom stereocenters. The predicted octanol–water partition coefficient (Wildman–Crippen LogP) is 0.579. The number of aliphatic hydroxyl groups is 3. The number of anilines is 1. The zero-order valence-electron chi connectivity index (χ0n) is 9.82. The molecule has 6 heteroatoms. The minimum absolute atomic E-state index is 0.562. The molecule has 0 radical (unpaired) electrons. The van der Waals surface area contributed by atoms with Gasteiger partial charge in [0.05, 0.1) is 6.10 Å². The molecule has 0 amide bonds. The zero-order chi connectivity index (χ0) is 13.3. The quantitative estimate of drug-likeness (QED) is 0.634. The van der Waals surface area contributed by atoms with Crippen molar-refractivity contribution in [3.05, 3.63) is 29.3 Å². The third-order valence-electron chi connectivity index (χ3n) is 3.01. The fourth-order valence-electron chi connectivity index (χ4n) is 1.88. The first kappa shape index (κ1) is 13.6. The summed E-state index contributed by atoms with van der Waals surface area (Å²) in [6, 6.07) is 6.88. The van der Waals surface area contributed by atoms with Crippen LogP contribution in [0.4, 0.5) is 5.69 Å². The molecule has 1 aliphatic rings. The number of aliphatic hydroxyl groups excluding tert-OH is 3. The summed E-state index contributed by atoms with van der Waals surface area (Å²) >= 11 is 5.77. The molecule has 2 rings (SSSR count). The van der Waals surface area contributed by atoms with E-state index in [0.29, 0.717) is 10.7 Å². The number of halogens is 1. The Kier molecular flexibility index (Phi) is 4.09. The van der Waals surface area contributed by atoms with Gasteiger partial charge in [0.2, 0.25) is 0 Å². The molecule has 0 spiro atoms. The Balaban J connectivity index is 2.06. The van der Waals surface area contributed by atoms with Crippen LogP contribution in [-0.4, -0.2) is 46.0 Å². The van der Waals surface area contributed by atoms with Gasteiger partial charge in [-0.05, 0) is 31.2 Å². The van der Waals surface area contributed by atoms with Crippen LogP contribution in [0.3, 0.4) is 0 Å². The minimum atomic E-state index is -1.24. The maximum atomic E-state index is 9.82. The van der Waals surface area contributed by atoms with E-state index >= 15 is 0 Å². The Morgan fingerprint density at radius 3 is 2.28 bits per heavy atom. The van der Waals surface area contributed by atoms with Gasteiger partial charge in [0.25, 0.3) is 0 Å². The van der Waals surface area contributed by atoms with Crippen LogP contribution in [-0.2, 0) is 4.74 Å². The smallest absolute Gasteiger partial charge is 0.157 e. The van der Waals surface area contributed by atoms with Gasteiger partial charge in [-0.15, -0.1) is 0 Å². The van der Waals surface area contributed by atoms with Gasteiger partial charge >= 0.3 is 0 Å². The van der Waals surface area contributed by atoms with E-state index in [-0.39, 0.29) is 0 Å². The van der Waals surface area contributed by atoms with Crippen molar-refractivity contribution in [2.24, 2.45) is 0 Å². The summed E-state index contributed by atoms with van der Waals surface area (Å²) in [6.07, 6.45) is -4.87. The second-order valence-corrected chi connectivity index (χ2v) is 4.82. The summed E-state index contributed by atoms with van der Waals surface area (Å²) in [7, 11) is 0. The predicted molar refractivity (Wildman–Crippen MR) is 67.4 cm³/mol. The molecular formula is C12H16ClNO4. The van der Waals surface area contributed by atoms with Gasteiger partial charge in [0.15, 0.2) is 6.23 Å². The summed E-state index contributed by atoms with van der Waals surface area (Å²) < 4.78 is 5.41. The van der Waals surface area contributed by atoms with E-state index in [4.69, 9.17) is 16.3 Å².